The standard InChI is InChI=1S/C25H24N4O3S/c1-3-22(30)26-12-11-18-17-9-4-5-10-20(17)27-21(18)14-19-23(31)28-25(33)29(24(19)32)16-8-6-7-15(2)13-16/h4-10,13-14,32H,3,11-12H2,1-2H3,(H,26,30)(H,28,31,33)/b21-14-. The number of para-hydroxylation sites is 1. The number of allylic oxidation sites excluding steroid dienone is 1. The number of hydrogen-bond donors (Lipinski definition) is 3. The minimum Gasteiger partial charge on any atom is -0.494 e. The first kappa shape index (κ1) is 22.4. The number of aromatic amines is 1. The maximum Gasteiger partial charge on any atom is 0.262 e. The number of nitrogens with zero attached hydrogens (tertiary/aromatic N) is 2. The summed E-state index contributed by atoms with van der Waals surface area (Å²) in [6.45, 7) is 4.18. The molecule has 0 saturated carbocycles. The smallest absolute Gasteiger partial charge is 0.262 e. The van der Waals surface area contributed by atoms with Crippen molar-refractivity contribution in [3.05, 3.63) is 91.1 Å². The van der Waals surface area contributed by atoms with Crippen molar-refractivity contribution >= 4 is 29.8 Å². The molecule has 0 saturated heterocycles. The number of carbonyl (C=O) groups excluding carboxylic acids is 1. The van der Waals surface area contributed by atoms with Crippen LogP contribution in [0.1, 0.15) is 30.9 Å². The van der Waals surface area contributed by atoms with E-state index in [1.165, 1.54) is 4.57 Å². The predicted octanol–water partition coefficient (Wildman–Crippen LogP) is 2.65. The normalized spacial score (nSPS) is 13.6. The summed E-state index contributed by atoms with van der Waals surface area (Å²) in [7, 11) is 0. The Bertz CT molecular complexity index is 1520. The van der Waals surface area contributed by atoms with Gasteiger partial charge in [0.05, 0.1) is 16.7 Å². The van der Waals surface area contributed by atoms with Gasteiger partial charge in [0.2, 0.25) is 11.8 Å². The topological polar surface area (TPSA) is 99.5 Å². The molecule has 1 aliphatic rings. The van der Waals surface area contributed by atoms with E-state index in [0.29, 0.717) is 30.8 Å². The summed E-state index contributed by atoms with van der Waals surface area (Å²) >= 11 is 5.33. The number of aryl methyl sites for hydroxylation is 1. The average molecular weight is 461 g/mol. The van der Waals surface area contributed by atoms with Gasteiger partial charge in [-0.1, -0.05) is 37.3 Å². The van der Waals surface area contributed by atoms with E-state index >= 15 is 0 Å². The van der Waals surface area contributed by atoms with Crippen LogP contribution in [0.5, 0.6) is 5.88 Å². The lowest BCUT2D eigenvalue weighted by Crippen LogP contribution is -2.26. The third kappa shape index (κ3) is 4.56. The van der Waals surface area contributed by atoms with Gasteiger partial charge >= 0.3 is 0 Å². The number of carbonyl (C=O) groups is 1. The van der Waals surface area contributed by atoms with Crippen molar-refractivity contribution in [2.75, 3.05) is 6.54 Å². The molecule has 1 aliphatic heterocycles. The van der Waals surface area contributed by atoms with Gasteiger partial charge in [0, 0.05) is 18.2 Å². The zero-order chi connectivity index (χ0) is 23.5. The summed E-state index contributed by atoms with van der Waals surface area (Å²) in [6.07, 6.45) is 2.52. The summed E-state index contributed by atoms with van der Waals surface area (Å²) in [6, 6.07) is 15.1. The molecule has 0 aliphatic carbocycles. The maximum atomic E-state index is 12.8. The van der Waals surface area contributed by atoms with Crippen molar-refractivity contribution < 1.29 is 9.90 Å². The first-order valence-electron chi connectivity index (χ1n) is 10.7. The fraction of sp³-hybridized carbons (Fsp3) is 0.200. The SMILES string of the molecule is CCC(=O)NCCC1=c2ccccc2=N/C1=C\c1c(O)n(-c2cccc(C)c2)c(=S)[nH]c1=O. The monoisotopic (exact) mass is 460 g/mol. The quantitative estimate of drug-likeness (QED) is 0.493. The van der Waals surface area contributed by atoms with Gasteiger partial charge < -0.3 is 10.4 Å². The molecule has 2 heterocycles. The van der Waals surface area contributed by atoms with Gasteiger partial charge in [-0.05, 0) is 61.0 Å². The molecule has 33 heavy (non-hydrogen) atoms. The summed E-state index contributed by atoms with van der Waals surface area (Å²) in [4.78, 5) is 31.8. The van der Waals surface area contributed by atoms with Gasteiger partial charge in [-0.15, -0.1) is 0 Å². The molecule has 0 unspecified atom stereocenters. The molecule has 8 heteroatoms. The number of nitrogens with one attached hydrogen (secondary N) is 2. The van der Waals surface area contributed by atoms with Gasteiger partial charge in [-0.2, -0.15) is 0 Å². The zero-order valence-corrected chi connectivity index (χ0v) is 19.2. The largest absolute Gasteiger partial charge is 0.494 e. The van der Waals surface area contributed by atoms with E-state index in [1.54, 1.807) is 13.0 Å². The van der Waals surface area contributed by atoms with E-state index in [2.05, 4.69) is 15.3 Å². The highest BCUT2D eigenvalue weighted by Gasteiger charge is 2.18. The van der Waals surface area contributed by atoms with Crippen LogP contribution in [0.2, 0.25) is 0 Å². The molecule has 0 bridgehead atoms. The number of rotatable bonds is 6. The summed E-state index contributed by atoms with van der Waals surface area (Å²) in [5.41, 5.74) is 2.66. The molecule has 2 aromatic carbocycles. The van der Waals surface area contributed by atoms with Crippen LogP contribution in [0.3, 0.4) is 0 Å². The van der Waals surface area contributed by atoms with Crippen molar-refractivity contribution in [1.82, 2.24) is 14.9 Å². The highest BCUT2D eigenvalue weighted by molar-refractivity contribution is 7.71. The minimum atomic E-state index is -0.501. The molecular formula is C25H24N4O3S. The summed E-state index contributed by atoms with van der Waals surface area (Å²) < 4.78 is 1.53. The Morgan fingerprint density at radius 2 is 2.03 bits per heavy atom. The molecule has 1 aromatic heterocycles. The van der Waals surface area contributed by atoms with Crippen LogP contribution >= 0.6 is 12.2 Å². The van der Waals surface area contributed by atoms with Crippen LogP contribution in [0, 0.1) is 11.7 Å². The van der Waals surface area contributed by atoms with Crippen LogP contribution in [-0.4, -0.2) is 27.1 Å². The fourth-order valence-corrected chi connectivity index (χ4v) is 4.09. The first-order valence-corrected chi connectivity index (χ1v) is 11.1. The van der Waals surface area contributed by atoms with E-state index in [4.69, 9.17) is 12.2 Å². The lowest BCUT2D eigenvalue weighted by Gasteiger charge is -2.12. The van der Waals surface area contributed by atoms with Crippen LogP contribution in [0.15, 0.2) is 64.0 Å². The van der Waals surface area contributed by atoms with Crippen molar-refractivity contribution in [3.63, 3.8) is 0 Å². The van der Waals surface area contributed by atoms with Gasteiger partial charge in [-0.3, -0.25) is 19.1 Å². The van der Waals surface area contributed by atoms with E-state index in [-0.39, 0.29) is 22.1 Å². The molecule has 0 radical (unpaired) electrons. The van der Waals surface area contributed by atoms with Crippen molar-refractivity contribution in [2.45, 2.75) is 26.7 Å². The third-order valence-electron chi connectivity index (χ3n) is 5.46. The van der Waals surface area contributed by atoms with E-state index in [1.807, 2.05) is 55.5 Å². The second-order valence-corrected chi connectivity index (χ2v) is 8.15. The Kier molecular flexibility index (Phi) is 6.37. The lowest BCUT2D eigenvalue weighted by molar-refractivity contribution is -0.120. The molecule has 1 amide bonds. The fourth-order valence-electron chi connectivity index (χ4n) is 3.81. The third-order valence-corrected chi connectivity index (χ3v) is 5.74. The van der Waals surface area contributed by atoms with Crippen molar-refractivity contribution in [1.29, 1.82) is 0 Å². The Balaban J connectivity index is 1.83. The van der Waals surface area contributed by atoms with Gasteiger partial charge in [-0.25, -0.2) is 4.99 Å². The first-order chi connectivity index (χ1) is 15.9. The van der Waals surface area contributed by atoms with Gasteiger partial charge in [0.15, 0.2) is 4.77 Å². The highest BCUT2D eigenvalue weighted by atomic mass is 32.1. The van der Waals surface area contributed by atoms with Crippen LogP contribution in [0.4, 0.5) is 0 Å². The van der Waals surface area contributed by atoms with Crippen LogP contribution < -0.4 is 21.5 Å². The van der Waals surface area contributed by atoms with E-state index in [9.17, 15) is 14.7 Å². The van der Waals surface area contributed by atoms with Gasteiger partial charge in [0.25, 0.3) is 5.56 Å². The number of hydrogen-bond acceptors (Lipinski definition) is 5. The summed E-state index contributed by atoms with van der Waals surface area (Å²) in [5.74, 6) is -0.287. The number of aromatic hydroxyl groups is 1. The Morgan fingerprint density at radius 3 is 2.79 bits per heavy atom. The summed E-state index contributed by atoms with van der Waals surface area (Å²) in [5, 5.41) is 15.7. The average Bonchev–Trinajstić information content (AvgIpc) is 3.13. The van der Waals surface area contributed by atoms with E-state index in [0.717, 1.165) is 21.7 Å². The molecule has 7 nitrogen and oxygen atoms in total. The maximum absolute atomic E-state index is 12.8. The molecule has 168 valence electrons. The van der Waals surface area contributed by atoms with E-state index < -0.39 is 5.56 Å². The number of aromatic nitrogens is 2. The van der Waals surface area contributed by atoms with Gasteiger partial charge in [0.1, 0.15) is 5.56 Å². The molecule has 0 fully saturated rings. The molecular weight excluding hydrogens is 436 g/mol. The minimum absolute atomic E-state index is 0.0290. The molecule has 0 atom stereocenters. The Hall–Kier alpha value is -3.78. The molecule has 0 spiro atoms. The Morgan fingerprint density at radius 1 is 1.24 bits per heavy atom. The molecule has 3 aromatic rings. The molecule has 3 N–H and O–H groups in total. The van der Waals surface area contributed by atoms with Crippen molar-refractivity contribution in [2.24, 2.45) is 4.99 Å². The molecule has 4 rings (SSSR count). The second kappa shape index (κ2) is 9.38. The Labute approximate surface area is 195 Å². The zero-order valence-electron chi connectivity index (χ0n) is 18.4. The number of benzene rings is 2. The predicted molar refractivity (Wildman–Crippen MR) is 130 cm³/mol. The second-order valence-electron chi connectivity index (χ2n) is 7.76. The lowest BCUT2D eigenvalue weighted by atomic mass is 10.1. The number of H-pyrrole nitrogens is 1. The number of fused-ring (bicyclic) bond motifs is 1. The van der Waals surface area contributed by atoms with Crippen LogP contribution in [-0.2, 0) is 4.79 Å². The van der Waals surface area contributed by atoms with Crippen molar-refractivity contribution in [3.8, 4) is 11.6 Å². The van der Waals surface area contributed by atoms with Crippen LogP contribution in [0.25, 0.3) is 17.3 Å². The number of amides is 1. The highest BCUT2D eigenvalue weighted by Crippen LogP contribution is 2.25.